The molecule has 0 N–H and O–H groups in total. The summed E-state index contributed by atoms with van der Waals surface area (Å²) < 4.78 is 5.43. The maximum absolute atomic E-state index is 13.2. The summed E-state index contributed by atoms with van der Waals surface area (Å²) in [5, 5.41) is 0. The standard InChI is InChI=1S/C25H22N2O2/c1-29-24-12-10-22(18-21(24)9-11-23-8-4-5-15-26-23)25(28)27-16-13-19-6-2-3-7-20(19)14-17-27/h2-8,10,12,15,18H,13-14,16-17H2,1H3. The van der Waals surface area contributed by atoms with E-state index in [1.54, 1.807) is 13.3 Å². The Balaban J connectivity index is 1.57. The van der Waals surface area contributed by atoms with E-state index in [9.17, 15) is 4.79 Å². The molecule has 0 saturated heterocycles. The molecule has 3 aromatic rings. The van der Waals surface area contributed by atoms with Crippen LogP contribution in [0.4, 0.5) is 0 Å². The van der Waals surface area contributed by atoms with Gasteiger partial charge in [0.15, 0.2) is 0 Å². The molecule has 0 aliphatic carbocycles. The zero-order chi connectivity index (χ0) is 20.1. The molecule has 2 heterocycles. The summed E-state index contributed by atoms with van der Waals surface area (Å²) in [6.45, 7) is 1.44. The molecule has 1 aliphatic rings. The van der Waals surface area contributed by atoms with Crippen molar-refractivity contribution in [3.8, 4) is 17.6 Å². The summed E-state index contributed by atoms with van der Waals surface area (Å²) in [6.07, 6.45) is 3.47. The van der Waals surface area contributed by atoms with E-state index in [2.05, 4.69) is 41.1 Å². The third kappa shape index (κ3) is 4.30. The van der Waals surface area contributed by atoms with Crippen LogP contribution in [0.2, 0.25) is 0 Å². The lowest BCUT2D eigenvalue weighted by molar-refractivity contribution is 0.0763. The number of rotatable bonds is 2. The van der Waals surface area contributed by atoms with E-state index in [1.807, 2.05) is 41.3 Å². The third-order valence-corrected chi connectivity index (χ3v) is 5.14. The van der Waals surface area contributed by atoms with Crippen molar-refractivity contribution in [3.63, 3.8) is 0 Å². The largest absolute Gasteiger partial charge is 0.495 e. The highest BCUT2D eigenvalue weighted by Crippen LogP contribution is 2.22. The number of carbonyl (C=O) groups is 1. The first kappa shape index (κ1) is 18.8. The van der Waals surface area contributed by atoms with Gasteiger partial charge < -0.3 is 9.64 Å². The highest BCUT2D eigenvalue weighted by molar-refractivity contribution is 5.95. The van der Waals surface area contributed by atoms with Crippen molar-refractivity contribution in [1.82, 2.24) is 9.88 Å². The van der Waals surface area contributed by atoms with Crippen LogP contribution >= 0.6 is 0 Å². The second-order valence-electron chi connectivity index (χ2n) is 6.94. The van der Waals surface area contributed by atoms with Crippen molar-refractivity contribution in [2.75, 3.05) is 20.2 Å². The molecular weight excluding hydrogens is 360 g/mol. The second kappa shape index (κ2) is 8.62. The summed E-state index contributed by atoms with van der Waals surface area (Å²) in [7, 11) is 1.61. The number of carbonyl (C=O) groups excluding carboxylic acids is 1. The Kier molecular flexibility index (Phi) is 5.58. The molecule has 1 aliphatic heterocycles. The highest BCUT2D eigenvalue weighted by atomic mass is 16.5. The van der Waals surface area contributed by atoms with E-state index in [4.69, 9.17) is 4.74 Å². The lowest BCUT2D eigenvalue weighted by atomic mass is 10.0. The molecule has 0 radical (unpaired) electrons. The number of fused-ring (bicyclic) bond motifs is 1. The van der Waals surface area contributed by atoms with Crippen LogP contribution in [-0.2, 0) is 12.8 Å². The predicted molar refractivity (Wildman–Crippen MR) is 113 cm³/mol. The summed E-state index contributed by atoms with van der Waals surface area (Å²) in [4.78, 5) is 19.3. The number of pyridine rings is 1. The number of benzene rings is 2. The van der Waals surface area contributed by atoms with Crippen LogP contribution in [0, 0.1) is 11.8 Å². The highest BCUT2D eigenvalue weighted by Gasteiger charge is 2.20. The summed E-state index contributed by atoms with van der Waals surface area (Å²) in [6, 6.07) is 19.5. The van der Waals surface area contributed by atoms with Gasteiger partial charge in [-0.05, 0) is 60.2 Å². The molecule has 0 bridgehead atoms. The molecule has 0 saturated carbocycles. The lowest BCUT2D eigenvalue weighted by Gasteiger charge is -2.20. The first-order valence-electron chi connectivity index (χ1n) is 9.72. The average molecular weight is 382 g/mol. The molecule has 2 aromatic carbocycles. The topological polar surface area (TPSA) is 42.4 Å². The quantitative estimate of drug-likeness (QED) is 0.634. The van der Waals surface area contributed by atoms with E-state index >= 15 is 0 Å². The number of aromatic nitrogens is 1. The zero-order valence-electron chi connectivity index (χ0n) is 16.4. The van der Waals surface area contributed by atoms with Crippen LogP contribution in [-0.4, -0.2) is 36.0 Å². The van der Waals surface area contributed by atoms with Crippen LogP contribution in [0.25, 0.3) is 0 Å². The molecule has 144 valence electrons. The Morgan fingerprint density at radius 2 is 1.69 bits per heavy atom. The van der Waals surface area contributed by atoms with Gasteiger partial charge in [0.05, 0.1) is 12.7 Å². The Morgan fingerprint density at radius 1 is 0.966 bits per heavy atom. The van der Waals surface area contributed by atoms with Crippen molar-refractivity contribution in [3.05, 3.63) is 94.8 Å². The van der Waals surface area contributed by atoms with Gasteiger partial charge in [0.2, 0.25) is 0 Å². The second-order valence-corrected chi connectivity index (χ2v) is 6.94. The van der Waals surface area contributed by atoms with Crippen molar-refractivity contribution in [2.45, 2.75) is 12.8 Å². The first-order chi connectivity index (χ1) is 14.2. The van der Waals surface area contributed by atoms with Crippen molar-refractivity contribution >= 4 is 5.91 Å². The smallest absolute Gasteiger partial charge is 0.253 e. The minimum atomic E-state index is 0.0290. The van der Waals surface area contributed by atoms with Gasteiger partial charge in [-0.1, -0.05) is 36.3 Å². The molecule has 0 unspecified atom stereocenters. The Labute approximate surface area is 171 Å². The van der Waals surface area contributed by atoms with Crippen LogP contribution in [0.15, 0.2) is 66.9 Å². The van der Waals surface area contributed by atoms with E-state index in [0.717, 1.165) is 25.9 Å². The minimum Gasteiger partial charge on any atom is -0.495 e. The van der Waals surface area contributed by atoms with Crippen LogP contribution < -0.4 is 4.74 Å². The monoisotopic (exact) mass is 382 g/mol. The van der Waals surface area contributed by atoms with Gasteiger partial charge in [-0.25, -0.2) is 4.98 Å². The Hall–Kier alpha value is -3.58. The number of hydrogen-bond donors (Lipinski definition) is 0. The molecule has 29 heavy (non-hydrogen) atoms. The number of nitrogens with zero attached hydrogens (tertiary/aromatic N) is 2. The molecule has 1 amide bonds. The Morgan fingerprint density at radius 3 is 2.34 bits per heavy atom. The SMILES string of the molecule is COc1ccc(C(=O)N2CCc3ccccc3CC2)cc1C#Cc1ccccn1. The number of amides is 1. The number of methoxy groups -OCH3 is 1. The number of hydrogen-bond acceptors (Lipinski definition) is 3. The minimum absolute atomic E-state index is 0.0290. The molecule has 0 spiro atoms. The van der Waals surface area contributed by atoms with Gasteiger partial charge in [-0.3, -0.25) is 4.79 Å². The van der Waals surface area contributed by atoms with Crippen LogP contribution in [0.5, 0.6) is 5.75 Å². The van der Waals surface area contributed by atoms with Crippen molar-refractivity contribution < 1.29 is 9.53 Å². The average Bonchev–Trinajstić information content (AvgIpc) is 3.00. The normalized spacial score (nSPS) is 12.9. The Bertz CT molecular complexity index is 1050. The van der Waals surface area contributed by atoms with Gasteiger partial charge in [-0.2, -0.15) is 0 Å². The van der Waals surface area contributed by atoms with E-state index in [0.29, 0.717) is 22.6 Å². The van der Waals surface area contributed by atoms with Gasteiger partial charge >= 0.3 is 0 Å². The van der Waals surface area contributed by atoms with E-state index < -0.39 is 0 Å². The first-order valence-corrected chi connectivity index (χ1v) is 9.72. The molecular formula is C25H22N2O2. The predicted octanol–water partition coefficient (Wildman–Crippen LogP) is 3.73. The zero-order valence-corrected chi connectivity index (χ0v) is 16.4. The summed E-state index contributed by atoms with van der Waals surface area (Å²) >= 11 is 0. The number of ether oxygens (including phenoxy) is 1. The molecule has 0 fully saturated rings. The molecule has 1 aromatic heterocycles. The van der Waals surface area contributed by atoms with Crippen LogP contribution in [0.1, 0.15) is 32.7 Å². The fraction of sp³-hybridized carbons (Fsp3) is 0.200. The summed E-state index contributed by atoms with van der Waals surface area (Å²) in [5.41, 5.74) is 4.65. The maximum Gasteiger partial charge on any atom is 0.253 e. The fourth-order valence-electron chi connectivity index (χ4n) is 3.56. The van der Waals surface area contributed by atoms with Crippen LogP contribution in [0.3, 0.4) is 0 Å². The summed E-state index contributed by atoms with van der Waals surface area (Å²) in [5.74, 6) is 6.81. The van der Waals surface area contributed by atoms with E-state index in [1.165, 1.54) is 11.1 Å². The molecule has 4 heteroatoms. The van der Waals surface area contributed by atoms with Crippen molar-refractivity contribution in [1.29, 1.82) is 0 Å². The van der Waals surface area contributed by atoms with Gasteiger partial charge in [0, 0.05) is 24.8 Å². The van der Waals surface area contributed by atoms with Crippen molar-refractivity contribution in [2.24, 2.45) is 0 Å². The third-order valence-electron chi connectivity index (χ3n) is 5.14. The maximum atomic E-state index is 13.2. The molecule has 4 rings (SSSR count). The van der Waals surface area contributed by atoms with Gasteiger partial charge in [-0.15, -0.1) is 0 Å². The van der Waals surface area contributed by atoms with E-state index in [-0.39, 0.29) is 5.91 Å². The van der Waals surface area contributed by atoms with Gasteiger partial charge in [0.1, 0.15) is 11.4 Å². The lowest BCUT2D eigenvalue weighted by Crippen LogP contribution is -2.33. The van der Waals surface area contributed by atoms with Gasteiger partial charge in [0.25, 0.3) is 5.91 Å². The molecule has 0 atom stereocenters. The molecule has 4 nitrogen and oxygen atoms in total. The fourth-order valence-corrected chi connectivity index (χ4v) is 3.56.